The molecule has 0 amide bonds. The number of hydrogen-bond donors (Lipinski definition) is 3. The summed E-state index contributed by atoms with van der Waals surface area (Å²) >= 11 is 0. The maximum Gasteiger partial charge on any atom is 0.161 e. The smallest absolute Gasteiger partial charge is 0.161 e. The minimum Gasteiger partial charge on any atom is -0.493 e. The summed E-state index contributed by atoms with van der Waals surface area (Å²) in [5.41, 5.74) is 1.13. The van der Waals surface area contributed by atoms with Crippen LogP contribution in [-0.4, -0.2) is 43.7 Å². The lowest BCUT2D eigenvalue weighted by Crippen LogP contribution is -2.15. The number of aliphatic hydroxyl groups excluding tert-OH is 2. The van der Waals surface area contributed by atoms with Crippen molar-refractivity contribution in [2.75, 3.05) is 33.5 Å². The summed E-state index contributed by atoms with van der Waals surface area (Å²) < 4.78 is 10.7. The molecule has 20 heavy (non-hydrogen) atoms. The Balaban J connectivity index is 2.38. The minimum absolute atomic E-state index is 0.0136. The zero-order chi connectivity index (χ0) is 14.6. The SMILES string of the molecule is COc1cc(CNCCCCCO)ccc1OCCO. The van der Waals surface area contributed by atoms with Gasteiger partial charge < -0.3 is 25.0 Å². The molecule has 0 aliphatic carbocycles. The van der Waals surface area contributed by atoms with Gasteiger partial charge in [-0.05, 0) is 43.5 Å². The van der Waals surface area contributed by atoms with Crippen LogP contribution in [0.3, 0.4) is 0 Å². The van der Waals surface area contributed by atoms with E-state index in [1.807, 2.05) is 18.2 Å². The van der Waals surface area contributed by atoms with Gasteiger partial charge in [-0.2, -0.15) is 0 Å². The van der Waals surface area contributed by atoms with Crippen molar-refractivity contribution >= 4 is 0 Å². The number of benzene rings is 1. The summed E-state index contributed by atoms with van der Waals surface area (Å²) in [6, 6.07) is 5.78. The molecule has 114 valence electrons. The van der Waals surface area contributed by atoms with E-state index in [0.29, 0.717) is 11.5 Å². The third-order valence-electron chi connectivity index (χ3n) is 2.92. The van der Waals surface area contributed by atoms with Crippen LogP contribution in [-0.2, 0) is 6.54 Å². The van der Waals surface area contributed by atoms with Crippen molar-refractivity contribution in [2.24, 2.45) is 0 Å². The lowest BCUT2D eigenvalue weighted by Gasteiger charge is -2.12. The van der Waals surface area contributed by atoms with Crippen LogP contribution in [0.15, 0.2) is 18.2 Å². The largest absolute Gasteiger partial charge is 0.493 e. The van der Waals surface area contributed by atoms with Crippen LogP contribution in [0.2, 0.25) is 0 Å². The fourth-order valence-electron chi connectivity index (χ4n) is 1.87. The van der Waals surface area contributed by atoms with E-state index in [4.69, 9.17) is 19.7 Å². The number of methoxy groups -OCH3 is 1. The molecule has 5 heteroatoms. The van der Waals surface area contributed by atoms with E-state index in [9.17, 15) is 0 Å². The van der Waals surface area contributed by atoms with Gasteiger partial charge >= 0.3 is 0 Å². The van der Waals surface area contributed by atoms with Gasteiger partial charge in [0.25, 0.3) is 0 Å². The molecule has 0 aliphatic heterocycles. The average Bonchev–Trinajstić information content (AvgIpc) is 2.49. The Labute approximate surface area is 120 Å². The molecule has 0 aromatic heterocycles. The first-order chi connectivity index (χ1) is 9.81. The first kappa shape index (κ1) is 16.8. The van der Waals surface area contributed by atoms with Crippen molar-refractivity contribution in [2.45, 2.75) is 25.8 Å². The monoisotopic (exact) mass is 283 g/mol. The second-order valence-electron chi connectivity index (χ2n) is 4.52. The van der Waals surface area contributed by atoms with Crippen LogP contribution in [0, 0.1) is 0 Å². The van der Waals surface area contributed by atoms with E-state index >= 15 is 0 Å². The van der Waals surface area contributed by atoms with Gasteiger partial charge in [-0.25, -0.2) is 0 Å². The van der Waals surface area contributed by atoms with Crippen molar-refractivity contribution in [1.82, 2.24) is 5.32 Å². The average molecular weight is 283 g/mol. The zero-order valence-electron chi connectivity index (χ0n) is 12.1. The van der Waals surface area contributed by atoms with E-state index in [1.54, 1.807) is 7.11 Å². The summed E-state index contributed by atoms with van der Waals surface area (Å²) in [5, 5.41) is 20.8. The van der Waals surface area contributed by atoms with Crippen molar-refractivity contribution in [1.29, 1.82) is 0 Å². The molecule has 0 atom stereocenters. The predicted molar refractivity (Wildman–Crippen MR) is 78.2 cm³/mol. The molecule has 0 bridgehead atoms. The normalized spacial score (nSPS) is 10.6. The standard InChI is InChI=1S/C15H25NO4/c1-19-15-11-13(5-6-14(15)20-10-9-18)12-16-7-3-2-4-8-17/h5-6,11,16-18H,2-4,7-10,12H2,1H3. The van der Waals surface area contributed by atoms with Gasteiger partial charge in [-0.1, -0.05) is 6.07 Å². The first-order valence-electron chi connectivity index (χ1n) is 7.04. The molecule has 0 radical (unpaired) electrons. The third kappa shape index (κ3) is 6.23. The molecule has 1 aromatic rings. The summed E-state index contributed by atoms with van der Waals surface area (Å²) in [6.07, 6.45) is 2.97. The molecule has 0 aliphatic rings. The van der Waals surface area contributed by atoms with Crippen LogP contribution in [0.25, 0.3) is 0 Å². The highest BCUT2D eigenvalue weighted by molar-refractivity contribution is 5.42. The molecule has 3 N–H and O–H groups in total. The number of unbranched alkanes of at least 4 members (excludes halogenated alkanes) is 2. The highest BCUT2D eigenvalue weighted by atomic mass is 16.5. The zero-order valence-corrected chi connectivity index (χ0v) is 12.1. The van der Waals surface area contributed by atoms with Crippen molar-refractivity contribution in [3.63, 3.8) is 0 Å². The van der Waals surface area contributed by atoms with Gasteiger partial charge in [-0.3, -0.25) is 0 Å². The number of nitrogens with one attached hydrogen (secondary N) is 1. The van der Waals surface area contributed by atoms with Crippen LogP contribution in [0.5, 0.6) is 11.5 Å². The van der Waals surface area contributed by atoms with E-state index in [2.05, 4.69) is 5.32 Å². The maximum absolute atomic E-state index is 8.76. The first-order valence-corrected chi connectivity index (χ1v) is 7.04. The highest BCUT2D eigenvalue weighted by Crippen LogP contribution is 2.27. The molecule has 1 rings (SSSR count). The van der Waals surface area contributed by atoms with Crippen LogP contribution >= 0.6 is 0 Å². The fourth-order valence-corrected chi connectivity index (χ4v) is 1.87. The van der Waals surface area contributed by atoms with Gasteiger partial charge in [0.2, 0.25) is 0 Å². The van der Waals surface area contributed by atoms with Gasteiger partial charge in [0.15, 0.2) is 11.5 Å². The topological polar surface area (TPSA) is 71.0 Å². The Morgan fingerprint density at radius 2 is 1.90 bits per heavy atom. The number of ether oxygens (including phenoxy) is 2. The Morgan fingerprint density at radius 3 is 2.60 bits per heavy atom. The third-order valence-corrected chi connectivity index (χ3v) is 2.92. The Bertz CT molecular complexity index is 371. The quantitative estimate of drug-likeness (QED) is 0.534. The number of rotatable bonds is 11. The molecule has 0 heterocycles. The lowest BCUT2D eigenvalue weighted by molar-refractivity contribution is 0.196. The highest BCUT2D eigenvalue weighted by Gasteiger charge is 2.05. The van der Waals surface area contributed by atoms with E-state index in [-0.39, 0.29) is 19.8 Å². The maximum atomic E-state index is 8.76. The number of aliphatic hydroxyl groups is 2. The Hall–Kier alpha value is -1.30. The molecule has 1 aromatic carbocycles. The van der Waals surface area contributed by atoms with Crippen molar-refractivity contribution < 1.29 is 19.7 Å². The second-order valence-corrected chi connectivity index (χ2v) is 4.52. The molecular weight excluding hydrogens is 258 g/mol. The van der Waals surface area contributed by atoms with Crippen LogP contribution < -0.4 is 14.8 Å². The second kappa shape index (κ2) is 10.5. The molecule has 0 unspecified atom stereocenters. The van der Waals surface area contributed by atoms with E-state index in [1.165, 1.54) is 0 Å². The van der Waals surface area contributed by atoms with Crippen molar-refractivity contribution in [3.05, 3.63) is 23.8 Å². The van der Waals surface area contributed by atoms with E-state index < -0.39 is 0 Å². The fraction of sp³-hybridized carbons (Fsp3) is 0.600. The summed E-state index contributed by atoms with van der Waals surface area (Å²) in [7, 11) is 1.60. The van der Waals surface area contributed by atoms with Crippen LogP contribution in [0.4, 0.5) is 0 Å². The Morgan fingerprint density at radius 1 is 1.05 bits per heavy atom. The van der Waals surface area contributed by atoms with Crippen LogP contribution in [0.1, 0.15) is 24.8 Å². The summed E-state index contributed by atoms with van der Waals surface area (Å²) in [4.78, 5) is 0. The van der Waals surface area contributed by atoms with E-state index in [0.717, 1.165) is 37.9 Å². The van der Waals surface area contributed by atoms with Gasteiger partial charge in [0.1, 0.15) is 6.61 Å². The Kier molecular flexibility index (Phi) is 8.78. The molecule has 0 saturated heterocycles. The molecular formula is C15H25NO4. The summed E-state index contributed by atoms with van der Waals surface area (Å²) in [5.74, 6) is 1.33. The minimum atomic E-state index is -0.0136. The molecule has 0 fully saturated rings. The van der Waals surface area contributed by atoms with Crippen molar-refractivity contribution in [3.8, 4) is 11.5 Å². The lowest BCUT2D eigenvalue weighted by atomic mass is 10.2. The summed E-state index contributed by atoms with van der Waals surface area (Å²) in [6.45, 7) is 2.23. The van der Waals surface area contributed by atoms with Gasteiger partial charge in [0.05, 0.1) is 13.7 Å². The predicted octanol–water partition coefficient (Wildman–Crippen LogP) is 1.32. The van der Waals surface area contributed by atoms with Gasteiger partial charge in [-0.15, -0.1) is 0 Å². The number of hydrogen-bond acceptors (Lipinski definition) is 5. The van der Waals surface area contributed by atoms with Gasteiger partial charge in [0, 0.05) is 13.2 Å². The molecule has 5 nitrogen and oxygen atoms in total. The molecule has 0 saturated carbocycles. The molecule has 0 spiro atoms.